The van der Waals surface area contributed by atoms with E-state index in [0.717, 1.165) is 9.99 Å². The fraction of sp³-hybridized carbons (Fsp3) is 0.227. The van der Waals surface area contributed by atoms with Gasteiger partial charge in [-0.1, -0.05) is 40.2 Å². The molecule has 1 N–H and O–H groups in total. The molecule has 1 aliphatic heterocycles. The fourth-order valence-electron chi connectivity index (χ4n) is 3.49. The summed E-state index contributed by atoms with van der Waals surface area (Å²) in [6.45, 7) is 2.26. The van der Waals surface area contributed by atoms with Crippen LogP contribution in [-0.2, 0) is 20.9 Å². The molecule has 0 atom stereocenters. The van der Waals surface area contributed by atoms with Gasteiger partial charge in [-0.05, 0) is 24.3 Å². The molecule has 0 spiro atoms. The highest BCUT2D eigenvalue weighted by Crippen LogP contribution is 2.23. The van der Waals surface area contributed by atoms with Crippen LogP contribution >= 0.6 is 15.9 Å². The molecule has 8 heteroatoms. The lowest BCUT2D eigenvalue weighted by Gasteiger charge is -2.27. The van der Waals surface area contributed by atoms with E-state index in [9.17, 15) is 14.4 Å². The summed E-state index contributed by atoms with van der Waals surface area (Å²) in [5.41, 5.74) is 1.53. The first kappa shape index (κ1) is 20.3. The number of ketones is 1. The molecule has 2 amide bonds. The van der Waals surface area contributed by atoms with Crippen molar-refractivity contribution < 1.29 is 19.1 Å². The van der Waals surface area contributed by atoms with Crippen molar-refractivity contribution in [2.45, 2.75) is 6.54 Å². The maximum absolute atomic E-state index is 12.9. The number of carbonyl (C=O) groups excluding carboxylic acids is 3. The topological polar surface area (TPSA) is 80.6 Å². The molecule has 0 bridgehead atoms. The van der Waals surface area contributed by atoms with E-state index in [1.807, 2.05) is 18.2 Å². The standard InChI is InChI=1S/C22H20BrN3O4/c23-15-4-3-5-16(12-15)24-22(29)21(28)18-13-26(19-7-2-1-6-17(18)19)14-20(27)25-8-10-30-11-9-25/h1-7,12-13H,8-11,14H2,(H,24,29). The molecule has 30 heavy (non-hydrogen) atoms. The number of Topliss-reactive ketones (excluding diaryl/α,β-unsaturated/α-hetero) is 1. The summed E-state index contributed by atoms with van der Waals surface area (Å²) in [4.78, 5) is 39.9. The zero-order valence-electron chi connectivity index (χ0n) is 16.1. The van der Waals surface area contributed by atoms with Crippen molar-refractivity contribution in [1.82, 2.24) is 9.47 Å². The van der Waals surface area contributed by atoms with Crippen molar-refractivity contribution in [3.05, 3.63) is 64.8 Å². The van der Waals surface area contributed by atoms with Gasteiger partial charge >= 0.3 is 0 Å². The molecule has 1 fully saturated rings. The van der Waals surface area contributed by atoms with Crippen LogP contribution in [0.2, 0.25) is 0 Å². The monoisotopic (exact) mass is 469 g/mol. The Morgan fingerprint density at radius 3 is 2.57 bits per heavy atom. The van der Waals surface area contributed by atoms with Crippen LogP contribution < -0.4 is 5.32 Å². The van der Waals surface area contributed by atoms with Crippen LogP contribution in [0.15, 0.2) is 59.2 Å². The molecule has 0 saturated carbocycles. The van der Waals surface area contributed by atoms with Gasteiger partial charge in [0.15, 0.2) is 0 Å². The number of amides is 2. The van der Waals surface area contributed by atoms with Crippen molar-refractivity contribution in [2.75, 3.05) is 31.6 Å². The Morgan fingerprint density at radius 1 is 1.03 bits per heavy atom. The first-order valence-corrected chi connectivity index (χ1v) is 10.4. The fourth-order valence-corrected chi connectivity index (χ4v) is 3.89. The zero-order valence-corrected chi connectivity index (χ0v) is 17.7. The lowest BCUT2D eigenvalue weighted by atomic mass is 10.1. The summed E-state index contributed by atoms with van der Waals surface area (Å²) >= 11 is 3.34. The van der Waals surface area contributed by atoms with E-state index in [1.165, 1.54) is 0 Å². The quantitative estimate of drug-likeness (QED) is 0.459. The number of ether oxygens (including phenoxy) is 1. The zero-order chi connectivity index (χ0) is 21.1. The molecular weight excluding hydrogens is 450 g/mol. The third-order valence-corrected chi connectivity index (χ3v) is 5.48. The number of para-hydroxylation sites is 1. The van der Waals surface area contributed by atoms with Gasteiger partial charge in [0.2, 0.25) is 5.91 Å². The minimum Gasteiger partial charge on any atom is -0.378 e. The number of benzene rings is 2. The second-order valence-electron chi connectivity index (χ2n) is 6.97. The predicted molar refractivity (Wildman–Crippen MR) is 116 cm³/mol. The normalized spacial score (nSPS) is 14.0. The Balaban J connectivity index is 1.58. The molecule has 1 saturated heterocycles. The summed E-state index contributed by atoms with van der Waals surface area (Å²) in [6, 6.07) is 14.3. The van der Waals surface area contributed by atoms with Crippen LogP contribution in [0.1, 0.15) is 10.4 Å². The maximum atomic E-state index is 12.9. The van der Waals surface area contributed by atoms with Crippen molar-refractivity contribution in [2.24, 2.45) is 0 Å². The number of aromatic nitrogens is 1. The molecule has 0 unspecified atom stereocenters. The molecule has 4 rings (SSSR count). The van der Waals surface area contributed by atoms with Crippen LogP contribution in [0.5, 0.6) is 0 Å². The van der Waals surface area contributed by atoms with Gasteiger partial charge in [-0.25, -0.2) is 0 Å². The van der Waals surface area contributed by atoms with Gasteiger partial charge in [-0.15, -0.1) is 0 Å². The van der Waals surface area contributed by atoms with E-state index in [-0.39, 0.29) is 18.0 Å². The average Bonchev–Trinajstić information content (AvgIpc) is 3.12. The molecule has 2 heterocycles. The summed E-state index contributed by atoms with van der Waals surface area (Å²) in [5, 5.41) is 3.27. The summed E-state index contributed by atoms with van der Waals surface area (Å²) < 4.78 is 7.82. The Labute approximate surface area is 181 Å². The molecule has 7 nitrogen and oxygen atoms in total. The van der Waals surface area contributed by atoms with E-state index < -0.39 is 11.7 Å². The number of anilines is 1. The third kappa shape index (κ3) is 4.29. The number of fused-ring (bicyclic) bond motifs is 1. The predicted octanol–water partition coefficient (Wildman–Crippen LogP) is 3.08. The highest BCUT2D eigenvalue weighted by molar-refractivity contribution is 9.10. The minimum absolute atomic E-state index is 0.0448. The highest BCUT2D eigenvalue weighted by atomic mass is 79.9. The molecule has 1 aromatic heterocycles. The number of carbonyl (C=O) groups is 3. The first-order valence-electron chi connectivity index (χ1n) is 9.57. The summed E-state index contributed by atoms with van der Waals surface area (Å²) in [5.74, 6) is -1.42. The smallest absolute Gasteiger partial charge is 0.296 e. The molecule has 3 aromatic rings. The molecule has 1 aliphatic rings. The van der Waals surface area contributed by atoms with Crippen molar-refractivity contribution in [3.63, 3.8) is 0 Å². The molecular formula is C22H20BrN3O4. The number of nitrogens with one attached hydrogen (secondary N) is 1. The van der Waals surface area contributed by atoms with Gasteiger partial charge in [0.05, 0.1) is 18.8 Å². The number of nitrogens with zero attached hydrogens (tertiary/aromatic N) is 2. The van der Waals surface area contributed by atoms with E-state index in [2.05, 4.69) is 21.2 Å². The Kier molecular flexibility index (Phi) is 5.96. The van der Waals surface area contributed by atoms with E-state index in [4.69, 9.17) is 4.74 Å². The lowest BCUT2D eigenvalue weighted by Crippen LogP contribution is -2.42. The van der Waals surface area contributed by atoms with Gasteiger partial charge in [0, 0.05) is 40.3 Å². The first-order chi connectivity index (χ1) is 14.5. The van der Waals surface area contributed by atoms with Crippen LogP contribution in [-0.4, -0.2) is 53.4 Å². The van der Waals surface area contributed by atoms with Crippen LogP contribution in [0.3, 0.4) is 0 Å². The third-order valence-electron chi connectivity index (χ3n) is 4.99. The van der Waals surface area contributed by atoms with Crippen LogP contribution in [0, 0.1) is 0 Å². The number of hydrogen-bond donors (Lipinski definition) is 1. The Morgan fingerprint density at radius 2 is 1.80 bits per heavy atom. The Bertz CT molecular complexity index is 1120. The molecule has 2 aromatic carbocycles. The van der Waals surface area contributed by atoms with Crippen LogP contribution in [0.4, 0.5) is 5.69 Å². The van der Waals surface area contributed by atoms with Crippen molar-refractivity contribution in [1.29, 1.82) is 0 Å². The van der Waals surface area contributed by atoms with Crippen molar-refractivity contribution >= 4 is 50.1 Å². The van der Waals surface area contributed by atoms with E-state index in [1.54, 1.807) is 46.0 Å². The molecule has 154 valence electrons. The van der Waals surface area contributed by atoms with Crippen molar-refractivity contribution in [3.8, 4) is 0 Å². The van der Waals surface area contributed by atoms with E-state index in [0.29, 0.717) is 37.4 Å². The van der Waals surface area contributed by atoms with Gasteiger partial charge in [-0.3, -0.25) is 14.4 Å². The van der Waals surface area contributed by atoms with Crippen LogP contribution in [0.25, 0.3) is 10.9 Å². The number of halogens is 1. The largest absolute Gasteiger partial charge is 0.378 e. The number of rotatable bonds is 5. The minimum atomic E-state index is -0.726. The van der Waals surface area contributed by atoms with E-state index >= 15 is 0 Å². The number of hydrogen-bond acceptors (Lipinski definition) is 4. The second kappa shape index (κ2) is 8.81. The molecule has 0 radical (unpaired) electrons. The summed E-state index contributed by atoms with van der Waals surface area (Å²) in [6.07, 6.45) is 1.59. The van der Waals surface area contributed by atoms with Gasteiger partial charge in [-0.2, -0.15) is 0 Å². The highest BCUT2D eigenvalue weighted by Gasteiger charge is 2.24. The number of morpholine rings is 1. The second-order valence-corrected chi connectivity index (χ2v) is 7.89. The van der Waals surface area contributed by atoms with Gasteiger partial charge in [0.1, 0.15) is 6.54 Å². The van der Waals surface area contributed by atoms with Gasteiger partial charge < -0.3 is 19.5 Å². The SMILES string of the molecule is O=C(Nc1cccc(Br)c1)C(=O)c1cn(CC(=O)N2CCOCC2)c2ccccc12. The Hall–Kier alpha value is -2.97. The average molecular weight is 470 g/mol. The summed E-state index contributed by atoms with van der Waals surface area (Å²) in [7, 11) is 0. The lowest BCUT2D eigenvalue weighted by molar-refractivity contribution is -0.135. The molecule has 0 aliphatic carbocycles. The van der Waals surface area contributed by atoms with Gasteiger partial charge in [0.25, 0.3) is 11.7 Å². The maximum Gasteiger partial charge on any atom is 0.296 e.